The zero-order valence-electron chi connectivity index (χ0n) is 12.3. The summed E-state index contributed by atoms with van der Waals surface area (Å²) in [6, 6.07) is 0. The number of carbonyl (C=O) groups is 1. The van der Waals surface area contributed by atoms with Crippen LogP contribution in [0.25, 0.3) is 0 Å². The largest absolute Gasteiger partial charge is 0.273 e. The van der Waals surface area contributed by atoms with Crippen LogP contribution < -0.4 is 5.48 Å². The zero-order valence-corrected chi connectivity index (χ0v) is 12.3. The third-order valence-electron chi connectivity index (χ3n) is 5.30. The molecule has 0 saturated heterocycles. The lowest BCUT2D eigenvalue weighted by Crippen LogP contribution is -2.48. The maximum absolute atomic E-state index is 12.1. The predicted octanol–water partition coefficient (Wildman–Crippen LogP) is 3.30. The van der Waals surface area contributed by atoms with Gasteiger partial charge in [-0.2, -0.15) is 0 Å². The molecule has 1 amide bonds. The summed E-state index contributed by atoms with van der Waals surface area (Å²) in [7, 11) is 0. The first-order valence-electron chi connectivity index (χ1n) is 7.95. The normalized spacial score (nSPS) is 39.8. The summed E-state index contributed by atoms with van der Waals surface area (Å²) in [5.41, 5.74) is 2.97. The second-order valence-corrected chi connectivity index (χ2v) is 7.82. The molecule has 3 heteroatoms. The molecule has 0 aromatic heterocycles. The summed E-state index contributed by atoms with van der Waals surface area (Å²) < 4.78 is 0. The van der Waals surface area contributed by atoms with Gasteiger partial charge in [-0.05, 0) is 67.6 Å². The van der Waals surface area contributed by atoms with Crippen LogP contribution in [0.5, 0.6) is 0 Å². The van der Waals surface area contributed by atoms with E-state index in [-0.39, 0.29) is 5.91 Å². The fraction of sp³-hybridized carbons (Fsp3) is 0.938. The van der Waals surface area contributed by atoms with E-state index in [1.54, 1.807) is 0 Å². The molecule has 0 spiro atoms. The fourth-order valence-electron chi connectivity index (χ4n) is 5.17. The molecule has 19 heavy (non-hydrogen) atoms. The van der Waals surface area contributed by atoms with Crippen molar-refractivity contribution in [1.29, 1.82) is 0 Å². The van der Waals surface area contributed by atoms with Crippen molar-refractivity contribution >= 4 is 5.91 Å². The molecule has 0 radical (unpaired) electrons. The number of rotatable bonds is 5. The lowest BCUT2D eigenvalue weighted by Gasteiger charge is -2.56. The average molecular weight is 265 g/mol. The molecule has 4 aliphatic carbocycles. The van der Waals surface area contributed by atoms with Gasteiger partial charge in [0.25, 0.3) is 0 Å². The van der Waals surface area contributed by atoms with Crippen LogP contribution in [0.3, 0.4) is 0 Å². The van der Waals surface area contributed by atoms with Crippen LogP contribution in [0.15, 0.2) is 0 Å². The maximum atomic E-state index is 12.1. The first-order chi connectivity index (χ1) is 9.05. The van der Waals surface area contributed by atoms with Gasteiger partial charge < -0.3 is 0 Å². The first-order valence-corrected chi connectivity index (χ1v) is 7.95. The van der Waals surface area contributed by atoms with Gasteiger partial charge in [0.2, 0.25) is 5.91 Å². The first kappa shape index (κ1) is 13.4. The Morgan fingerprint density at radius 3 is 2.16 bits per heavy atom. The molecular formula is C16H27NO2. The molecule has 0 aromatic rings. The molecule has 4 fully saturated rings. The lowest BCUT2D eigenvalue weighted by molar-refractivity contribution is -0.142. The Labute approximate surface area is 116 Å². The molecule has 4 aliphatic rings. The summed E-state index contributed by atoms with van der Waals surface area (Å²) in [4.78, 5) is 17.3. The summed E-state index contributed by atoms with van der Waals surface area (Å²) >= 11 is 0. The van der Waals surface area contributed by atoms with Crippen LogP contribution in [0, 0.1) is 29.1 Å². The van der Waals surface area contributed by atoms with Gasteiger partial charge in [-0.1, -0.05) is 13.8 Å². The van der Waals surface area contributed by atoms with Crippen molar-refractivity contribution in [1.82, 2.24) is 5.48 Å². The summed E-state index contributed by atoms with van der Waals surface area (Å²) in [5, 5.41) is 0. The molecule has 1 N–H and O–H groups in total. The second kappa shape index (κ2) is 5.08. The number of hydrogen-bond acceptors (Lipinski definition) is 2. The molecular weight excluding hydrogens is 238 g/mol. The maximum Gasteiger partial charge on any atom is 0.244 e. The van der Waals surface area contributed by atoms with E-state index in [4.69, 9.17) is 4.84 Å². The SMILES string of the molecule is CC(C)CONC(=O)CC12CC3CC(CC(C3)C1)C2. The van der Waals surface area contributed by atoms with Gasteiger partial charge in [-0.25, -0.2) is 5.48 Å². The summed E-state index contributed by atoms with van der Waals surface area (Å²) in [6.07, 6.45) is 8.86. The van der Waals surface area contributed by atoms with Crippen LogP contribution in [0.1, 0.15) is 58.8 Å². The highest BCUT2D eigenvalue weighted by Crippen LogP contribution is 2.61. The molecule has 4 rings (SSSR count). The van der Waals surface area contributed by atoms with Crippen molar-refractivity contribution in [2.45, 2.75) is 58.8 Å². The Morgan fingerprint density at radius 2 is 1.68 bits per heavy atom. The molecule has 0 aromatic carbocycles. The van der Waals surface area contributed by atoms with E-state index in [1.807, 2.05) is 0 Å². The van der Waals surface area contributed by atoms with Gasteiger partial charge in [0.1, 0.15) is 0 Å². The van der Waals surface area contributed by atoms with Crippen LogP contribution in [-0.2, 0) is 9.63 Å². The van der Waals surface area contributed by atoms with E-state index in [0.717, 1.165) is 17.8 Å². The van der Waals surface area contributed by atoms with Crippen molar-refractivity contribution in [3.63, 3.8) is 0 Å². The highest BCUT2D eigenvalue weighted by Gasteiger charge is 2.51. The Hall–Kier alpha value is -0.570. The standard InChI is InChI=1S/C16H27NO2/c1-11(2)10-19-17-15(18)9-16-6-12-3-13(7-16)5-14(4-12)8-16/h11-14H,3-10H2,1-2H3,(H,17,18). The third kappa shape index (κ3) is 2.96. The molecule has 0 heterocycles. The van der Waals surface area contributed by atoms with Crippen molar-refractivity contribution in [3.8, 4) is 0 Å². The van der Waals surface area contributed by atoms with Crippen molar-refractivity contribution < 1.29 is 9.63 Å². The smallest absolute Gasteiger partial charge is 0.244 e. The molecule has 108 valence electrons. The van der Waals surface area contributed by atoms with Crippen molar-refractivity contribution in [2.24, 2.45) is 29.1 Å². The minimum absolute atomic E-state index is 0.0996. The molecule has 4 bridgehead atoms. The van der Waals surface area contributed by atoms with Gasteiger partial charge in [0.05, 0.1) is 6.61 Å². The third-order valence-corrected chi connectivity index (χ3v) is 5.30. The van der Waals surface area contributed by atoms with E-state index < -0.39 is 0 Å². The number of hydroxylamine groups is 1. The highest BCUT2D eigenvalue weighted by molar-refractivity contribution is 5.75. The molecule has 3 nitrogen and oxygen atoms in total. The minimum atomic E-state index is 0.0996. The molecule has 0 unspecified atom stereocenters. The minimum Gasteiger partial charge on any atom is -0.273 e. The van der Waals surface area contributed by atoms with Crippen molar-refractivity contribution in [3.05, 3.63) is 0 Å². The lowest BCUT2D eigenvalue weighted by atomic mass is 9.49. The van der Waals surface area contributed by atoms with Gasteiger partial charge in [0.15, 0.2) is 0 Å². The van der Waals surface area contributed by atoms with E-state index in [1.165, 1.54) is 38.5 Å². The van der Waals surface area contributed by atoms with E-state index in [2.05, 4.69) is 19.3 Å². The highest BCUT2D eigenvalue weighted by atomic mass is 16.6. The molecule has 0 aliphatic heterocycles. The van der Waals surface area contributed by atoms with Gasteiger partial charge in [-0.3, -0.25) is 9.63 Å². The number of nitrogens with one attached hydrogen (secondary N) is 1. The number of carbonyl (C=O) groups excluding carboxylic acids is 1. The fourth-order valence-corrected chi connectivity index (χ4v) is 5.17. The van der Waals surface area contributed by atoms with Gasteiger partial charge in [0, 0.05) is 6.42 Å². The van der Waals surface area contributed by atoms with Crippen LogP contribution in [-0.4, -0.2) is 12.5 Å². The monoisotopic (exact) mass is 265 g/mol. The second-order valence-electron chi connectivity index (χ2n) is 7.82. The number of hydrogen-bond donors (Lipinski definition) is 1. The Kier molecular flexibility index (Phi) is 3.59. The number of amides is 1. The topological polar surface area (TPSA) is 38.3 Å². The Bertz CT molecular complexity index is 315. The van der Waals surface area contributed by atoms with Gasteiger partial charge in [-0.15, -0.1) is 0 Å². The zero-order chi connectivity index (χ0) is 13.5. The molecule has 0 atom stereocenters. The Balaban J connectivity index is 1.53. The van der Waals surface area contributed by atoms with Crippen LogP contribution in [0.2, 0.25) is 0 Å². The average Bonchev–Trinajstić information content (AvgIpc) is 2.25. The molecule has 4 saturated carbocycles. The summed E-state index contributed by atoms with van der Waals surface area (Å²) in [5.74, 6) is 3.30. The van der Waals surface area contributed by atoms with E-state index >= 15 is 0 Å². The summed E-state index contributed by atoms with van der Waals surface area (Å²) in [6.45, 7) is 4.78. The van der Waals surface area contributed by atoms with E-state index in [0.29, 0.717) is 24.4 Å². The van der Waals surface area contributed by atoms with Crippen LogP contribution >= 0.6 is 0 Å². The Morgan fingerprint density at radius 1 is 1.16 bits per heavy atom. The predicted molar refractivity (Wildman–Crippen MR) is 74.2 cm³/mol. The van der Waals surface area contributed by atoms with Crippen LogP contribution in [0.4, 0.5) is 0 Å². The van der Waals surface area contributed by atoms with E-state index in [9.17, 15) is 4.79 Å². The quantitative estimate of drug-likeness (QED) is 0.775. The van der Waals surface area contributed by atoms with Gasteiger partial charge >= 0.3 is 0 Å². The van der Waals surface area contributed by atoms with Crippen molar-refractivity contribution in [2.75, 3.05) is 6.61 Å².